The Hall–Kier alpha value is -1.77. The maximum atomic E-state index is 6.47. The van der Waals surface area contributed by atoms with Gasteiger partial charge in [-0.05, 0) is 31.2 Å². The topological polar surface area (TPSA) is 43.8 Å². The number of unbranched alkanes of at least 4 members (excludes halogenated alkanes) is 1. The first-order valence-electron chi connectivity index (χ1n) is 8.20. The highest BCUT2D eigenvalue weighted by Gasteiger charge is 2.31. The third-order valence-corrected chi connectivity index (χ3v) is 4.37. The molecule has 112 valence electrons. The molecule has 0 radical (unpaired) electrons. The van der Waals surface area contributed by atoms with E-state index in [1.807, 2.05) is 0 Å². The molecule has 0 aliphatic heterocycles. The van der Waals surface area contributed by atoms with Crippen molar-refractivity contribution in [3.8, 4) is 11.3 Å². The van der Waals surface area contributed by atoms with Crippen LogP contribution in [0.5, 0.6) is 0 Å². The van der Waals surface area contributed by atoms with Gasteiger partial charge in [0.2, 0.25) is 0 Å². The van der Waals surface area contributed by atoms with Gasteiger partial charge in [0.05, 0.1) is 0 Å². The molecule has 0 saturated heterocycles. The highest BCUT2D eigenvalue weighted by atomic mass is 15.1. The van der Waals surface area contributed by atoms with Gasteiger partial charge in [-0.3, -0.25) is 0 Å². The second-order valence-electron chi connectivity index (χ2n) is 5.99. The van der Waals surface area contributed by atoms with Crippen molar-refractivity contribution in [1.29, 1.82) is 0 Å². The van der Waals surface area contributed by atoms with Crippen molar-refractivity contribution in [2.45, 2.75) is 58.4 Å². The Bertz CT molecular complexity index is 623. The Morgan fingerprint density at radius 2 is 2.00 bits per heavy atom. The van der Waals surface area contributed by atoms with E-state index in [1.54, 1.807) is 0 Å². The number of hydrogen-bond acceptors (Lipinski definition) is 2. The number of imidazole rings is 1. The van der Waals surface area contributed by atoms with Gasteiger partial charge in [-0.2, -0.15) is 0 Å². The molecule has 0 unspecified atom stereocenters. The standard InChI is InChI=1S/C18H25N3/c1-3-5-12-21-17(19)16(20-18(21)14-10-11-14)15-9-7-6-8-13(15)4-2/h6-9,14H,3-5,10-12,19H2,1-2H3. The zero-order valence-electron chi connectivity index (χ0n) is 13.1. The largest absolute Gasteiger partial charge is 0.383 e. The molecule has 1 aliphatic rings. The lowest BCUT2D eigenvalue weighted by Crippen LogP contribution is -2.06. The molecular formula is C18H25N3. The van der Waals surface area contributed by atoms with Gasteiger partial charge in [0.1, 0.15) is 17.3 Å². The normalized spacial score (nSPS) is 14.6. The fraction of sp³-hybridized carbons (Fsp3) is 0.500. The Kier molecular flexibility index (Phi) is 4.00. The molecule has 3 nitrogen and oxygen atoms in total. The SMILES string of the molecule is CCCCn1c(C2CC2)nc(-c2ccccc2CC)c1N. The number of hydrogen-bond donors (Lipinski definition) is 1. The number of aryl methyl sites for hydroxylation is 1. The van der Waals surface area contributed by atoms with Crippen molar-refractivity contribution in [3.63, 3.8) is 0 Å². The summed E-state index contributed by atoms with van der Waals surface area (Å²) in [7, 11) is 0. The van der Waals surface area contributed by atoms with Crippen molar-refractivity contribution in [2.75, 3.05) is 5.73 Å². The van der Waals surface area contributed by atoms with Crippen molar-refractivity contribution in [1.82, 2.24) is 9.55 Å². The molecule has 1 aromatic heterocycles. The number of benzene rings is 1. The Balaban J connectivity index is 2.06. The molecule has 1 heterocycles. The highest BCUT2D eigenvalue weighted by Crippen LogP contribution is 2.42. The number of nitrogen functional groups attached to an aromatic ring is 1. The second-order valence-corrected chi connectivity index (χ2v) is 5.99. The summed E-state index contributed by atoms with van der Waals surface area (Å²) in [6, 6.07) is 8.50. The molecule has 2 aromatic rings. The number of rotatable bonds is 6. The molecule has 3 heteroatoms. The van der Waals surface area contributed by atoms with Gasteiger partial charge >= 0.3 is 0 Å². The predicted octanol–water partition coefficient (Wildman–Crippen LogP) is 4.37. The van der Waals surface area contributed by atoms with Gasteiger partial charge in [0, 0.05) is 18.0 Å². The summed E-state index contributed by atoms with van der Waals surface area (Å²) in [4.78, 5) is 4.94. The number of nitrogens with zero attached hydrogens (tertiary/aromatic N) is 2. The smallest absolute Gasteiger partial charge is 0.131 e. The van der Waals surface area contributed by atoms with Gasteiger partial charge in [0.15, 0.2) is 0 Å². The first-order valence-corrected chi connectivity index (χ1v) is 8.20. The van der Waals surface area contributed by atoms with Crippen molar-refractivity contribution < 1.29 is 0 Å². The van der Waals surface area contributed by atoms with E-state index in [1.165, 1.54) is 36.2 Å². The lowest BCUT2D eigenvalue weighted by atomic mass is 10.0. The van der Waals surface area contributed by atoms with E-state index in [2.05, 4.69) is 42.7 Å². The monoisotopic (exact) mass is 283 g/mol. The first-order chi connectivity index (χ1) is 10.3. The van der Waals surface area contributed by atoms with E-state index in [-0.39, 0.29) is 0 Å². The summed E-state index contributed by atoms with van der Waals surface area (Å²) in [6.45, 7) is 5.40. The molecule has 2 N–H and O–H groups in total. The quantitative estimate of drug-likeness (QED) is 0.855. The van der Waals surface area contributed by atoms with E-state index < -0.39 is 0 Å². The van der Waals surface area contributed by atoms with E-state index >= 15 is 0 Å². The Labute approximate surface area is 127 Å². The van der Waals surface area contributed by atoms with Crippen LogP contribution in [0.3, 0.4) is 0 Å². The lowest BCUT2D eigenvalue weighted by Gasteiger charge is -2.09. The number of aromatic nitrogens is 2. The predicted molar refractivity (Wildman–Crippen MR) is 88.3 cm³/mol. The van der Waals surface area contributed by atoms with Gasteiger partial charge in [-0.25, -0.2) is 4.98 Å². The zero-order chi connectivity index (χ0) is 14.8. The van der Waals surface area contributed by atoms with Gasteiger partial charge < -0.3 is 10.3 Å². The Morgan fingerprint density at radius 3 is 2.67 bits per heavy atom. The molecule has 3 rings (SSSR count). The molecule has 1 saturated carbocycles. The molecule has 0 spiro atoms. The van der Waals surface area contributed by atoms with Crippen LogP contribution in [0, 0.1) is 0 Å². The summed E-state index contributed by atoms with van der Waals surface area (Å²) >= 11 is 0. The number of anilines is 1. The summed E-state index contributed by atoms with van der Waals surface area (Å²) in [6.07, 6.45) is 5.88. The minimum absolute atomic E-state index is 0.631. The maximum Gasteiger partial charge on any atom is 0.131 e. The van der Waals surface area contributed by atoms with Gasteiger partial charge in [-0.15, -0.1) is 0 Å². The third-order valence-electron chi connectivity index (χ3n) is 4.37. The maximum absolute atomic E-state index is 6.47. The van der Waals surface area contributed by atoms with Crippen molar-refractivity contribution in [2.24, 2.45) is 0 Å². The van der Waals surface area contributed by atoms with Crippen molar-refractivity contribution in [3.05, 3.63) is 35.7 Å². The van der Waals surface area contributed by atoms with Crippen LogP contribution < -0.4 is 5.73 Å². The van der Waals surface area contributed by atoms with E-state index in [9.17, 15) is 0 Å². The van der Waals surface area contributed by atoms with Crippen LogP contribution in [0.1, 0.15) is 56.8 Å². The van der Waals surface area contributed by atoms with Crippen molar-refractivity contribution >= 4 is 5.82 Å². The molecule has 21 heavy (non-hydrogen) atoms. The van der Waals surface area contributed by atoms with Crippen LogP contribution in [-0.4, -0.2) is 9.55 Å². The average molecular weight is 283 g/mol. The first kappa shape index (κ1) is 14.2. The molecule has 1 aromatic carbocycles. The summed E-state index contributed by atoms with van der Waals surface area (Å²) in [5.41, 5.74) is 9.99. The molecular weight excluding hydrogens is 258 g/mol. The molecule has 1 fully saturated rings. The number of nitrogens with two attached hydrogens (primary N) is 1. The minimum atomic E-state index is 0.631. The highest BCUT2D eigenvalue weighted by molar-refractivity contribution is 5.74. The minimum Gasteiger partial charge on any atom is -0.383 e. The van der Waals surface area contributed by atoms with Crippen LogP contribution in [0.2, 0.25) is 0 Å². The van der Waals surface area contributed by atoms with Crippen LogP contribution in [0.4, 0.5) is 5.82 Å². The van der Waals surface area contributed by atoms with E-state index in [4.69, 9.17) is 10.7 Å². The van der Waals surface area contributed by atoms with Crippen LogP contribution >= 0.6 is 0 Å². The van der Waals surface area contributed by atoms with Crippen LogP contribution in [-0.2, 0) is 13.0 Å². The van der Waals surface area contributed by atoms with Gasteiger partial charge in [-0.1, -0.05) is 44.5 Å². The summed E-state index contributed by atoms with van der Waals surface area (Å²) < 4.78 is 2.27. The Morgan fingerprint density at radius 1 is 1.24 bits per heavy atom. The van der Waals surface area contributed by atoms with Crippen LogP contribution in [0.15, 0.2) is 24.3 Å². The lowest BCUT2D eigenvalue weighted by molar-refractivity contribution is 0.609. The summed E-state index contributed by atoms with van der Waals surface area (Å²) in [5, 5.41) is 0. The van der Waals surface area contributed by atoms with Crippen LogP contribution in [0.25, 0.3) is 11.3 Å². The molecule has 1 aliphatic carbocycles. The third kappa shape index (κ3) is 2.69. The summed E-state index contributed by atoms with van der Waals surface area (Å²) in [5.74, 6) is 2.69. The van der Waals surface area contributed by atoms with E-state index in [0.717, 1.165) is 30.9 Å². The van der Waals surface area contributed by atoms with Gasteiger partial charge in [0.25, 0.3) is 0 Å². The second kappa shape index (κ2) is 5.92. The molecule has 0 bridgehead atoms. The molecule has 0 amide bonds. The van der Waals surface area contributed by atoms with E-state index in [0.29, 0.717) is 5.92 Å². The zero-order valence-corrected chi connectivity index (χ0v) is 13.1. The average Bonchev–Trinajstić information content (AvgIpc) is 3.30. The molecule has 0 atom stereocenters. The fourth-order valence-corrected chi connectivity index (χ4v) is 2.95. The fourth-order valence-electron chi connectivity index (χ4n) is 2.95.